The van der Waals surface area contributed by atoms with Gasteiger partial charge in [-0.25, -0.2) is 0 Å². The second kappa shape index (κ2) is 6.79. The first-order chi connectivity index (χ1) is 10.7. The Morgan fingerprint density at radius 2 is 1.83 bits per heavy atom. The fourth-order valence-electron chi connectivity index (χ4n) is 2.06. The van der Waals surface area contributed by atoms with E-state index >= 15 is 0 Å². The van der Waals surface area contributed by atoms with Crippen LogP contribution in [0, 0.1) is 0 Å². The second-order valence-electron chi connectivity index (χ2n) is 5.30. The van der Waals surface area contributed by atoms with E-state index in [0.717, 1.165) is 0 Å². The molecule has 103 valence electrons. The van der Waals surface area contributed by atoms with Gasteiger partial charge in [0, 0.05) is 0 Å². The molecule has 4 nitrogen and oxygen atoms in total. The van der Waals surface area contributed by atoms with E-state index in [9.17, 15) is 0 Å². The number of imidazole rings is 1. The fourth-order valence-corrected chi connectivity index (χ4v) is 2.06. The molecule has 23 heavy (non-hydrogen) atoms. The number of nitrogens with zero attached hydrogens (tertiary/aromatic N) is 3. The molecule has 0 aromatic carbocycles. The molecule has 0 fully saturated rings. The Balaban J connectivity index is 2.63. The van der Waals surface area contributed by atoms with Crippen LogP contribution in [-0.4, -0.2) is 58.9 Å². The third-order valence-electron chi connectivity index (χ3n) is 3.46. The molecule has 0 bridgehead atoms. The molecule has 2 aromatic heterocycles. The molecule has 9 radical (unpaired) electrons. The zero-order chi connectivity index (χ0) is 17.3. The van der Waals surface area contributed by atoms with Crippen LogP contribution in [0.2, 0.25) is 0 Å². The molecule has 2 aromatic rings. The van der Waals surface area contributed by atoms with Gasteiger partial charge in [-0.1, -0.05) is 0 Å². The van der Waals surface area contributed by atoms with Gasteiger partial charge >= 0.3 is 142 Å². The van der Waals surface area contributed by atoms with Crippen molar-refractivity contribution < 1.29 is 0 Å². The fraction of sp³-hybridized carbons (Fsp3) is 0.214. The van der Waals surface area contributed by atoms with E-state index < -0.39 is 0 Å². The van der Waals surface area contributed by atoms with Gasteiger partial charge < -0.3 is 0 Å². The van der Waals surface area contributed by atoms with Crippen LogP contribution < -0.4 is 5.73 Å². The summed E-state index contributed by atoms with van der Waals surface area (Å²) in [5.74, 6) is 0. The summed E-state index contributed by atoms with van der Waals surface area (Å²) in [5.41, 5.74) is 8.69. The Kier molecular flexibility index (Phi) is 5.20. The van der Waals surface area contributed by atoms with Crippen molar-refractivity contribution in [2.75, 3.05) is 0 Å². The maximum absolute atomic E-state index is 6.16. The molecular formula is C14H12B5N4. The monoisotopic (exact) mass is 291 g/mol. The minimum atomic E-state index is -0.323. The number of aromatic nitrogens is 3. The van der Waals surface area contributed by atoms with Crippen LogP contribution in [0.25, 0.3) is 5.65 Å². The topological polar surface area (TPSA) is 56.2 Å². The zero-order valence-electron chi connectivity index (χ0n) is 13.1. The predicted molar refractivity (Wildman–Crippen MR) is 98.2 cm³/mol. The average molecular weight is 290 g/mol. The van der Waals surface area contributed by atoms with Crippen molar-refractivity contribution in [1.29, 1.82) is 0 Å². The molecule has 2 N–H and O–H groups in total. The van der Waals surface area contributed by atoms with Gasteiger partial charge in [-0.05, 0) is 0 Å². The van der Waals surface area contributed by atoms with Crippen molar-refractivity contribution in [2.24, 2.45) is 5.73 Å². The standard InChI is InChI=1S/C14H12B5N4/c1-6(15)10(16)11(17)12(18)13(19)14-8(7(2)20)5-9-21-3-4-23(9)22-14/h3-5,7H,20H2,1-2H3/b10-6-,12-11-. The molecule has 1 unspecified atom stereocenters. The van der Waals surface area contributed by atoms with Gasteiger partial charge in [-0.15, -0.1) is 0 Å². The summed E-state index contributed by atoms with van der Waals surface area (Å²) < 4.78 is 1.57. The molecule has 0 saturated heterocycles. The predicted octanol–water partition coefficient (Wildman–Crippen LogP) is -0.445. The van der Waals surface area contributed by atoms with Crippen LogP contribution in [0.1, 0.15) is 31.1 Å². The van der Waals surface area contributed by atoms with E-state index in [-0.39, 0.29) is 27.9 Å². The molecule has 0 spiro atoms. The number of nitrogens with two attached hydrogens (primary N) is 1. The Bertz CT molecular complexity index is 831. The van der Waals surface area contributed by atoms with E-state index in [1.807, 2.05) is 6.92 Å². The van der Waals surface area contributed by atoms with Crippen molar-refractivity contribution in [3.05, 3.63) is 51.6 Å². The van der Waals surface area contributed by atoms with Crippen molar-refractivity contribution in [3.63, 3.8) is 0 Å². The number of hydrogen-bond acceptors (Lipinski definition) is 3. The van der Waals surface area contributed by atoms with Crippen LogP contribution in [0.5, 0.6) is 0 Å². The first kappa shape index (κ1) is 17.6. The van der Waals surface area contributed by atoms with E-state index in [0.29, 0.717) is 22.4 Å². The van der Waals surface area contributed by atoms with Crippen molar-refractivity contribution in [1.82, 2.24) is 14.6 Å². The summed E-state index contributed by atoms with van der Waals surface area (Å²) in [6, 6.07) is 1.48. The van der Waals surface area contributed by atoms with Crippen LogP contribution >= 0.6 is 0 Å². The summed E-state index contributed by atoms with van der Waals surface area (Å²) in [6.07, 6.45) is 3.32. The van der Waals surface area contributed by atoms with Gasteiger partial charge in [0.1, 0.15) is 0 Å². The Morgan fingerprint density at radius 3 is 2.39 bits per heavy atom. The van der Waals surface area contributed by atoms with Gasteiger partial charge in [0.25, 0.3) is 0 Å². The van der Waals surface area contributed by atoms with Crippen molar-refractivity contribution in [2.45, 2.75) is 19.9 Å². The molecule has 2 rings (SSSR count). The molecular weight excluding hydrogens is 278 g/mol. The summed E-state index contributed by atoms with van der Waals surface area (Å²) >= 11 is 0. The van der Waals surface area contributed by atoms with Crippen LogP contribution in [0.3, 0.4) is 0 Å². The van der Waals surface area contributed by atoms with Crippen molar-refractivity contribution >= 4 is 50.0 Å². The quantitative estimate of drug-likeness (QED) is 0.613. The Hall–Kier alpha value is -1.75. The third-order valence-corrected chi connectivity index (χ3v) is 3.46. The SMILES string of the molecule is [B]/C(C)=C([B])/C([B])=C(/[B])C(=[B])c1nn2ccnc2cc1C(C)N. The van der Waals surface area contributed by atoms with Gasteiger partial charge in [0.15, 0.2) is 0 Å². The molecule has 0 aliphatic heterocycles. The van der Waals surface area contributed by atoms with Gasteiger partial charge in [-0.3, -0.25) is 0 Å². The summed E-state index contributed by atoms with van der Waals surface area (Å²) in [6.45, 7) is 3.43. The van der Waals surface area contributed by atoms with Gasteiger partial charge in [-0.2, -0.15) is 0 Å². The van der Waals surface area contributed by atoms with E-state index in [1.165, 1.54) is 0 Å². The Labute approximate surface area is 142 Å². The molecule has 0 aliphatic rings. The second-order valence-corrected chi connectivity index (χ2v) is 5.30. The Morgan fingerprint density at radius 1 is 1.17 bits per heavy atom. The molecule has 0 aliphatic carbocycles. The summed E-state index contributed by atoms with van der Waals surface area (Å²) in [4.78, 5) is 4.18. The van der Waals surface area contributed by atoms with Gasteiger partial charge in [0.05, 0.1) is 0 Å². The summed E-state index contributed by atoms with van der Waals surface area (Å²) in [5, 5.41) is 4.42. The van der Waals surface area contributed by atoms with Crippen LogP contribution in [-0.2, 0) is 0 Å². The first-order valence-electron chi connectivity index (χ1n) is 6.94. The number of fused-ring (bicyclic) bond motifs is 1. The van der Waals surface area contributed by atoms with Crippen molar-refractivity contribution in [3.8, 4) is 0 Å². The van der Waals surface area contributed by atoms with E-state index in [2.05, 4.69) is 10.1 Å². The maximum atomic E-state index is 6.16. The summed E-state index contributed by atoms with van der Waals surface area (Å²) in [7, 11) is 29.6. The molecule has 2 heterocycles. The third kappa shape index (κ3) is 3.45. The normalized spacial score (nSPS) is 15.0. The first-order valence-corrected chi connectivity index (χ1v) is 6.94. The van der Waals surface area contributed by atoms with Gasteiger partial charge in [0.2, 0.25) is 0 Å². The number of hydrogen-bond donors (Lipinski definition) is 1. The molecule has 1 atom stereocenters. The molecule has 0 amide bonds. The van der Waals surface area contributed by atoms with E-state index in [1.54, 1.807) is 29.9 Å². The minimum absolute atomic E-state index is 0.0983. The molecule has 0 saturated carbocycles. The average Bonchev–Trinajstić information content (AvgIpc) is 2.97. The molecule has 9 heteroatoms. The zero-order valence-corrected chi connectivity index (χ0v) is 13.1. The number of rotatable bonds is 4. The van der Waals surface area contributed by atoms with E-state index in [4.69, 9.17) is 44.6 Å². The number of allylic oxidation sites excluding steroid dienone is 4. The van der Waals surface area contributed by atoms with Crippen LogP contribution in [0.15, 0.2) is 40.3 Å². The van der Waals surface area contributed by atoms with Crippen LogP contribution in [0.4, 0.5) is 0 Å².